The molecule has 2 aliphatic heterocycles. The Balaban J connectivity index is 1.45. The minimum Gasteiger partial charge on any atom is -0.497 e. The summed E-state index contributed by atoms with van der Waals surface area (Å²) in [6.07, 6.45) is 1.48. The van der Waals surface area contributed by atoms with Crippen LogP contribution in [-0.4, -0.2) is 55.1 Å². The Hall–Kier alpha value is -2.77. The largest absolute Gasteiger partial charge is 0.497 e. The molecular weight excluding hydrogens is 326 g/mol. The van der Waals surface area contributed by atoms with Gasteiger partial charge in [0, 0.05) is 25.9 Å². The first kappa shape index (κ1) is 17.1. The van der Waals surface area contributed by atoms with Crippen molar-refractivity contribution in [2.75, 3.05) is 20.2 Å². The topological polar surface area (TPSA) is 97.0 Å². The van der Waals surface area contributed by atoms with Crippen LogP contribution < -0.4 is 20.1 Å². The number of benzene rings is 1. The number of rotatable bonds is 5. The highest BCUT2D eigenvalue weighted by atomic mass is 16.5. The lowest BCUT2D eigenvalue weighted by molar-refractivity contribution is -0.135. The molecule has 3 rings (SSSR count). The Bertz CT molecular complexity index is 653. The second-order valence-electron chi connectivity index (χ2n) is 6.09. The molecule has 1 atom stereocenters. The van der Waals surface area contributed by atoms with Crippen molar-refractivity contribution in [2.24, 2.45) is 0 Å². The van der Waals surface area contributed by atoms with Gasteiger partial charge in [-0.25, -0.2) is 4.79 Å². The van der Waals surface area contributed by atoms with Crippen molar-refractivity contribution >= 4 is 17.8 Å². The summed E-state index contributed by atoms with van der Waals surface area (Å²) in [6, 6.07) is 6.09. The minimum atomic E-state index is -0.770. The van der Waals surface area contributed by atoms with Crippen LogP contribution in [0.25, 0.3) is 0 Å². The maximum Gasteiger partial charge on any atom is 0.322 e. The van der Waals surface area contributed by atoms with Crippen molar-refractivity contribution in [3.63, 3.8) is 0 Å². The molecule has 2 saturated heterocycles. The van der Waals surface area contributed by atoms with E-state index in [1.807, 2.05) is 24.3 Å². The van der Waals surface area contributed by atoms with E-state index in [1.165, 1.54) is 0 Å². The Kier molecular flexibility index (Phi) is 5.06. The van der Waals surface area contributed by atoms with E-state index in [0.29, 0.717) is 13.1 Å². The van der Waals surface area contributed by atoms with Gasteiger partial charge in [-0.05, 0) is 24.3 Å². The van der Waals surface area contributed by atoms with Gasteiger partial charge in [0.1, 0.15) is 23.6 Å². The number of hydrogen-bond donors (Lipinski definition) is 2. The number of methoxy groups -OCH3 is 1. The van der Waals surface area contributed by atoms with Crippen LogP contribution in [0.1, 0.15) is 19.3 Å². The Labute approximate surface area is 145 Å². The highest BCUT2D eigenvalue weighted by molar-refractivity contribution is 6.05. The summed E-state index contributed by atoms with van der Waals surface area (Å²) in [5.41, 5.74) is 0. The van der Waals surface area contributed by atoms with E-state index >= 15 is 0 Å². The zero-order valence-electron chi connectivity index (χ0n) is 14.0. The molecule has 134 valence electrons. The number of likely N-dealkylation sites (tertiary alicyclic amines) is 1. The zero-order valence-corrected chi connectivity index (χ0v) is 14.0. The Morgan fingerprint density at radius 2 is 1.80 bits per heavy atom. The minimum absolute atomic E-state index is 0.0123. The number of nitrogens with zero attached hydrogens (tertiary/aromatic N) is 1. The summed E-state index contributed by atoms with van der Waals surface area (Å²) in [5.74, 6) is 0.966. The van der Waals surface area contributed by atoms with Crippen LogP contribution in [0.4, 0.5) is 4.79 Å². The number of ether oxygens (including phenoxy) is 2. The van der Waals surface area contributed by atoms with Crippen LogP contribution in [0.5, 0.6) is 11.5 Å². The fourth-order valence-electron chi connectivity index (χ4n) is 2.98. The van der Waals surface area contributed by atoms with E-state index in [1.54, 1.807) is 12.0 Å². The number of piperidine rings is 1. The van der Waals surface area contributed by atoms with Gasteiger partial charge in [0.15, 0.2) is 0 Å². The lowest BCUT2D eigenvalue weighted by atomic mass is 10.1. The van der Waals surface area contributed by atoms with Crippen molar-refractivity contribution in [3.05, 3.63) is 24.3 Å². The third-order valence-corrected chi connectivity index (χ3v) is 4.39. The second kappa shape index (κ2) is 7.42. The average molecular weight is 347 g/mol. The summed E-state index contributed by atoms with van der Waals surface area (Å²) >= 11 is 0. The molecule has 0 spiro atoms. The van der Waals surface area contributed by atoms with E-state index in [2.05, 4.69) is 10.6 Å². The van der Waals surface area contributed by atoms with Gasteiger partial charge in [0.2, 0.25) is 5.91 Å². The van der Waals surface area contributed by atoms with E-state index < -0.39 is 18.0 Å². The Morgan fingerprint density at radius 3 is 2.36 bits per heavy atom. The number of nitrogens with one attached hydrogen (secondary N) is 2. The van der Waals surface area contributed by atoms with Crippen LogP contribution in [0.15, 0.2) is 24.3 Å². The SMILES string of the molecule is COc1ccc(OC2CCN(C(=O)CC3NC(=O)NC3=O)CC2)cc1. The smallest absolute Gasteiger partial charge is 0.322 e. The molecule has 2 aliphatic rings. The molecule has 0 aliphatic carbocycles. The summed E-state index contributed by atoms with van der Waals surface area (Å²) in [4.78, 5) is 36.6. The molecule has 8 nitrogen and oxygen atoms in total. The highest BCUT2D eigenvalue weighted by Crippen LogP contribution is 2.22. The fraction of sp³-hybridized carbons (Fsp3) is 0.471. The molecule has 0 saturated carbocycles. The number of amides is 4. The highest BCUT2D eigenvalue weighted by Gasteiger charge is 2.33. The maximum atomic E-state index is 12.3. The number of urea groups is 1. The number of imide groups is 1. The lowest BCUT2D eigenvalue weighted by Crippen LogP contribution is -2.44. The van der Waals surface area contributed by atoms with Crippen molar-refractivity contribution in [1.29, 1.82) is 0 Å². The second-order valence-corrected chi connectivity index (χ2v) is 6.09. The van der Waals surface area contributed by atoms with Gasteiger partial charge in [-0.15, -0.1) is 0 Å². The first-order valence-electron chi connectivity index (χ1n) is 8.25. The number of carbonyl (C=O) groups excluding carboxylic acids is 3. The summed E-state index contributed by atoms with van der Waals surface area (Å²) in [7, 11) is 1.61. The maximum absolute atomic E-state index is 12.3. The molecule has 1 aromatic rings. The fourth-order valence-corrected chi connectivity index (χ4v) is 2.98. The molecule has 2 N–H and O–H groups in total. The van der Waals surface area contributed by atoms with Crippen LogP contribution >= 0.6 is 0 Å². The summed E-state index contributed by atoms with van der Waals surface area (Å²) < 4.78 is 11.0. The lowest BCUT2D eigenvalue weighted by Gasteiger charge is -2.32. The van der Waals surface area contributed by atoms with Crippen LogP contribution in [0.2, 0.25) is 0 Å². The van der Waals surface area contributed by atoms with Gasteiger partial charge in [-0.2, -0.15) is 0 Å². The molecule has 25 heavy (non-hydrogen) atoms. The standard InChI is InChI=1S/C17H21N3O5/c1-24-11-2-4-12(5-3-11)25-13-6-8-20(9-7-13)15(21)10-14-16(22)19-17(23)18-14/h2-5,13-14H,6-10H2,1H3,(H2,18,19,22,23). The monoisotopic (exact) mass is 347 g/mol. The van der Waals surface area contributed by atoms with E-state index in [-0.39, 0.29) is 18.4 Å². The molecule has 8 heteroatoms. The summed E-state index contributed by atoms with van der Waals surface area (Å²) in [6.45, 7) is 1.14. The van der Waals surface area contributed by atoms with Crippen molar-refractivity contribution in [3.8, 4) is 11.5 Å². The first-order chi connectivity index (χ1) is 12.0. The molecule has 2 heterocycles. The molecule has 4 amide bonds. The third kappa shape index (κ3) is 4.20. The van der Waals surface area contributed by atoms with Crippen LogP contribution in [-0.2, 0) is 9.59 Å². The molecule has 0 aromatic heterocycles. The first-order valence-corrected chi connectivity index (χ1v) is 8.25. The normalized spacial score (nSPS) is 20.8. The predicted octanol–water partition coefficient (Wildman–Crippen LogP) is 0.663. The van der Waals surface area contributed by atoms with Crippen molar-refractivity contribution < 1.29 is 23.9 Å². The van der Waals surface area contributed by atoms with E-state index in [4.69, 9.17) is 9.47 Å². The predicted molar refractivity (Wildman–Crippen MR) is 88.3 cm³/mol. The molecular formula is C17H21N3O5. The molecule has 1 unspecified atom stereocenters. The molecule has 0 bridgehead atoms. The average Bonchev–Trinajstić information content (AvgIpc) is 2.93. The van der Waals surface area contributed by atoms with Gasteiger partial charge < -0.3 is 19.7 Å². The van der Waals surface area contributed by atoms with Gasteiger partial charge >= 0.3 is 6.03 Å². The molecule has 0 radical (unpaired) electrons. The number of hydrogen-bond acceptors (Lipinski definition) is 5. The van der Waals surface area contributed by atoms with Crippen LogP contribution in [0, 0.1) is 0 Å². The van der Waals surface area contributed by atoms with Gasteiger partial charge in [-0.1, -0.05) is 0 Å². The third-order valence-electron chi connectivity index (χ3n) is 4.39. The van der Waals surface area contributed by atoms with Gasteiger partial charge in [0.25, 0.3) is 5.91 Å². The van der Waals surface area contributed by atoms with Crippen LogP contribution in [0.3, 0.4) is 0 Å². The molecule has 2 fully saturated rings. The zero-order chi connectivity index (χ0) is 17.8. The number of carbonyl (C=O) groups is 3. The molecule has 1 aromatic carbocycles. The van der Waals surface area contributed by atoms with Crippen molar-refractivity contribution in [1.82, 2.24) is 15.5 Å². The van der Waals surface area contributed by atoms with E-state index in [9.17, 15) is 14.4 Å². The summed E-state index contributed by atoms with van der Waals surface area (Å²) in [5, 5.41) is 4.57. The van der Waals surface area contributed by atoms with Crippen molar-refractivity contribution in [2.45, 2.75) is 31.4 Å². The van der Waals surface area contributed by atoms with E-state index in [0.717, 1.165) is 24.3 Å². The van der Waals surface area contributed by atoms with Gasteiger partial charge in [0.05, 0.1) is 13.5 Å². The van der Waals surface area contributed by atoms with Gasteiger partial charge in [-0.3, -0.25) is 14.9 Å². The quantitative estimate of drug-likeness (QED) is 0.763. The Morgan fingerprint density at radius 1 is 1.16 bits per heavy atom.